The highest BCUT2D eigenvalue weighted by molar-refractivity contribution is 5.87. The van der Waals surface area contributed by atoms with Gasteiger partial charge in [-0.1, -0.05) is 6.92 Å². The zero-order valence-electron chi connectivity index (χ0n) is 11.0. The molecule has 0 aliphatic carbocycles. The highest BCUT2D eigenvalue weighted by Gasteiger charge is 2.25. The van der Waals surface area contributed by atoms with Crippen LogP contribution in [0.5, 0.6) is 0 Å². The third-order valence-corrected chi connectivity index (χ3v) is 2.97. The van der Waals surface area contributed by atoms with Crippen LogP contribution in [0.2, 0.25) is 0 Å². The van der Waals surface area contributed by atoms with E-state index in [4.69, 9.17) is 10.5 Å². The molecule has 2 amide bonds. The van der Waals surface area contributed by atoms with Crippen molar-refractivity contribution >= 4 is 11.8 Å². The van der Waals surface area contributed by atoms with Gasteiger partial charge in [0.15, 0.2) is 0 Å². The molecule has 3 N–H and O–H groups in total. The van der Waals surface area contributed by atoms with Gasteiger partial charge in [-0.2, -0.15) is 0 Å². The molecule has 0 aromatic carbocycles. The molecule has 1 fully saturated rings. The van der Waals surface area contributed by atoms with Crippen LogP contribution in [0.15, 0.2) is 0 Å². The number of nitrogens with two attached hydrogens (primary N) is 1. The zero-order chi connectivity index (χ0) is 13.4. The van der Waals surface area contributed by atoms with Crippen LogP contribution in [0.3, 0.4) is 0 Å². The van der Waals surface area contributed by atoms with Crippen molar-refractivity contribution in [2.24, 2.45) is 5.73 Å². The minimum atomic E-state index is -0.423. The van der Waals surface area contributed by atoms with Crippen LogP contribution >= 0.6 is 0 Å². The lowest BCUT2D eigenvalue weighted by Gasteiger charge is -2.30. The first-order valence-electron chi connectivity index (χ1n) is 6.55. The first kappa shape index (κ1) is 14.9. The Labute approximate surface area is 108 Å². The molecule has 0 spiro atoms. The highest BCUT2D eigenvalue weighted by atomic mass is 16.5. The Morgan fingerprint density at radius 3 is 2.61 bits per heavy atom. The smallest absolute Gasteiger partial charge is 0.245 e. The van der Waals surface area contributed by atoms with Gasteiger partial charge in [-0.05, 0) is 19.4 Å². The van der Waals surface area contributed by atoms with Crippen molar-refractivity contribution in [1.29, 1.82) is 0 Å². The molecule has 104 valence electrons. The molecule has 1 unspecified atom stereocenters. The van der Waals surface area contributed by atoms with Crippen molar-refractivity contribution < 1.29 is 14.3 Å². The average molecular weight is 257 g/mol. The fourth-order valence-corrected chi connectivity index (χ4v) is 1.87. The number of nitrogens with one attached hydrogen (secondary N) is 1. The normalized spacial score (nSPS) is 17.3. The van der Waals surface area contributed by atoms with E-state index in [0.29, 0.717) is 52.1 Å². The monoisotopic (exact) mass is 257 g/mol. The second-order valence-electron chi connectivity index (χ2n) is 4.36. The van der Waals surface area contributed by atoms with Crippen molar-refractivity contribution in [2.75, 3.05) is 32.8 Å². The van der Waals surface area contributed by atoms with Gasteiger partial charge in [0.1, 0.15) is 6.04 Å². The van der Waals surface area contributed by atoms with Crippen LogP contribution < -0.4 is 11.1 Å². The molecular formula is C12H23N3O3. The minimum Gasteiger partial charge on any atom is -0.378 e. The lowest BCUT2D eigenvalue weighted by Crippen LogP contribution is -2.51. The number of carbonyl (C=O) groups excluding carboxylic acids is 2. The van der Waals surface area contributed by atoms with E-state index >= 15 is 0 Å². The first-order chi connectivity index (χ1) is 8.69. The number of morpholine rings is 1. The van der Waals surface area contributed by atoms with Crippen LogP contribution in [-0.2, 0) is 14.3 Å². The SMILES string of the molecule is CCC(NC(=O)CCCN)C(=O)N1CCOCC1. The van der Waals surface area contributed by atoms with Gasteiger partial charge in [-0.25, -0.2) is 0 Å². The lowest BCUT2D eigenvalue weighted by atomic mass is 10.1. The van der Waals surface area contributed by atoms with Crippen molar-refractivity contribution in [1.82, 2.24) is 10.2 Å². The van der Waals surface area contributed by atoms with Gasteiger partial charge in [0.25, 0.3) is 0 Å². The Morgan fingerprint density at radius 1 is 1.39 bits per heavy atom. The summed E-state index contributed by atoms with van der Waals surface area (Å²) in [5, 5.41) is 2.77. The summed E-state index contributed by atoms with van der Waals surface area (Å²) in [5.41, 5.74) is 5.35. The summed E-state index contributed by atoms with van der Waals surface area (Å²) in [6.45, 7) is 4.74. The summed E-state index contributed by atoms with van der Waals surface area (Å²) < 4.78 is 5.20. The van der Waals surface area contributed by atoms with Gasteiger partial charge in [0, 0.05) is 19.5 Å². The number of nitrogens with zero attached hydrogens (tertiary/aromatic N) is 1. The Bertz CT molecular complexity index is 278. The summed E-state index contributed by atoms with van der Waals surface area (Å²) >= 11 is 0. The molecule has 1 aliphatic rings. The fraction of sp³-hybridized carbons (Fsp3) is 0.833. The Hall–Kier alpha value is -1.14. The molecule has 1 atom stereocenters. The average Bonchev–Trinajstić information content (AvgIpc) is 2.42. The van der Waals surface area contributed by atoms with Crippen molar-refractivity contribution in [3.63, 3.8) is 0 Å². The van der Waals surface area contributed by atoms with E-state index in [9.17, 15) is 9.59 Å². The summed E-state index contributed by atoms with van der Waals surface area (Å²) in [5.74, 6) is -0.115. The third kappa shape index (κ3) is 4.62. The number of hydrogen-bond acceptors (Lipinski definition) is 4. The lowest BCUT2D eigenvalue weighted by molar-refractivity contribution is -0.140. The predicted octanol–water partition coefficient (Wildman–Crippen LogP) is -0.521. The van der Waals surface area contributed by atoms with Gasteiger partial charge in [-0.15, -0.1) is 0 Å². The summed E-state index contributed by atoms with van der Waals surface area (Å²) in [6.07, 6.45) is 1.63. The van der Waals surface area contributed by atoms with Gasteiger partial charge >= 0.3 is 0 Å². The Morgan fingerprint density at radius 2 is 2.06 bits per heavy atom. The summed E-state index contributed by atoms with van der Waals surface area (Å²) in [7, 11) is 0. The van der Waals surface area contributed by atoms with Gasteiger partial charge < -0.3 is 20.7 Å². The molecule has 0 aromatic heterocycles. The molecule has 0 bridgehead atoms. The second-order valence-corrected chi connectivity index (χ2v) is 4.36. The van der Waals surface area contributed by atoms with E-state index in [2.05, 4.69) is 5.32 Å². The molecule has 18 heavy (non-hydrogen) atoms. The van der Waals surface area contributed by atoms with E-state index in [1.54, 1.807) is 4.90 Å². The van der Waals surface area contributed by atoms with E-state index in [1.165, 1.54) is 0 Å². The number of hydrogen-bond donors (Lipinski definition) is 2. The maximum atomic E-state index is 12.2. The van der Waals surface area contributed by atoms with Crippen LogP contribution in [0.1, 0.15) is 26.2 Å². The molecule has 0 saturated carbocycles. The molecule has 1 aliphatic heterocycles. The molecule has 1 heterocycles. The number of ether oxygens (including phenoxy) is 1. The molecule has 0 radical (unpaired) electrons. The van der Waals surface area contributed by atoms with E-state index in [1.807, 2.05) is 6.92 Å². The predicted molar refractivity (Wildman–Crippen MR) is 67.9 cm³/mol. The van der Waals surface area contributed by atoms with E-state index < -0.39 is 6.04 Å². The van der Waals surface area contributed by atoms with Crippen LogP contribution in [0, 0.1) is 0 Å². The second kappa shape index (κ2) is 8.05. The molecule has 1 saturated heterocycles. The Balaban J connectivity index is 2.43. The fourth-order valence-electron chi connectivity index (χ4n) is 1.87. The van der Waals surface area contributed by atoms with Crippen molar-refractivity contribution in [3.8, 4) is 0 Å². The van der Waals surface area contributed by atoms with Crippen molar-refractivity contribution in [2.45, 2.75) is 32.2 Å². The van der Waals surface area contributed by atoms with Gasteiger partial charge in [0.05, 0.1) is 13.2 Å². The molecule has 1 rings (SSSR count). The third-order valence-electron chi connectivity index (χ3n) is 2.97. The first-order valence-corrected chi connectivity index (χ1v) is 6.55. The van der Waals surface area contributed by atoms with Crippen molar-refractivity contribution in [3.05, 3.63) is 0 Å². The highest BCUT2D eigenvalue weighted by Crippen LogP contribution is 2.04. The maximum absolute atomic E-state index is 12.2. The van der Waals surface area contributed by atoms with E-state index in [0.717, 1.165) is 0 Å². The van der Waals surface area contributed by atoms with Gasteiger partial charge in [-0.3, -0.25) is 9.59 Å². The topological polar surface area (TPSA) is 84.7 Å². The summed E-state index contributed by atoms with van der Waals surface area (Å²) in [4.78, 5) is 25.5. The number of amides is 2. The maximum Gasteiger partial charge on any atom is 0.245 e. The van der Waals surface area contributed by atoms with Crippen LogP contribution in [0.4, 0.5) is 0 Å². The summed E-state index contributed by atoms with van der Waals surface area (Å²) in [6, 6.07) is -0.423. The van der Waals surface area contributed by atoms with Gasteiger partial charge in [0.2, 0.25) is 11.8 Å². The largest absolute Gasteiger partial charge is 0.378 e. The molecule has 0 aromatic rings. The molecule has 6 nitrogen and oxygen atoms in total. The zero-order valence-corrected chi connectivity index (χ0v) is 11.0. The molecular weight excluding hydrogens is 234 g/mol. The Kier molecular flexibility index (Phi) is 6.67. The van der Waals surface area contributed by atoms with E-state index in [-0.39, 0.29) is 11.8 Å². The van der Waals surface area contributed by atoms with Crippen LogP contribution in [0.25, 0.3) is 0 Å². The number of carbonyl (C=O) groups is 2. The number of rotatable bonds is 6. The molecule has 6 heteroatoms. The standard InChI is InChI=1S/C12H23N3O3/c1-2-10(14-11(16)4-3-5-13)12(17)15-6-8-18-9-7-15/h10H,2-9,13H2,1H3,(H,14,16). The minimum absolute atomic E-state index is 0.0121. The quantitative estimate of drug-likeness (QED) is 0.670. The van der Waals surface area contributed by atoms with Crippen LogP contribution in [-0.4, -0.2) is 55.6 Å².